The third-order valence-electron chi connectivity index (χ3n) is 6.36. The van der Waals surface area contributed by atoms with Crippen LogP contribution in [0.5, 0.6) is 5.75 Å². The van der Waals surface area contributed by atoms with E-state index in [1.165, 1.54) is 0 Å². The van der Waals surface area contributed by atoms with Crippen LogP contribution in [0, 0.1) is 6.92 Å². The van der Waals surface area contributed by atoms with Gasteiger partial charge in [-0.1, -0.05) is 18.2 Å². The summed E-state index contributed by atoms with van der Waals surface area (Å²) in [4.78, 5) is 14.9. The second kappa shape index (κ2) is 9.83. The number of benzene rings is 1. The molecule has 2 fully saturated rings. The molecule has 1 aromatic heterocycles. The van der Waals surface area contributed by atoms with Crippen molar-refractivity contribution >= 4 is 5.91 Å². The maximum absolute atomic E-state index is 13.0. The van der Waals surface area contributed by atoms with E-state index in [4.69, 9.17) is 14.2 Å². The molecule has 2 saturated heterocycles. The number of aryl methyl sites for hydroxylation is 2. The molecule has 4 rings (SSSR count). The molecule has 168 valence electrons. The van der Waals surface area contributed by atoms with Crippen LogP contribution in [0.4, 0.5) is 0 Å². The molecule has 1 atom stereocenters. The zero-order valence-electron chi connectivity index (χ0n) is 18.6. The van der Waals surface area contributed by atoms with Gasteiger partial charge >= 0.3 is 0 Å². The highest BCUT2D eigenvalue weighted by Crippen LogP contribution is 2.36. The number of para-hydroxylation sites is 1. The van der Waals surface area contributed by atoms with E-state index in [1.807, 2.05) is 60.0 Å². The van der Waals surface area contributed by atoms with Crippen LogP contribution in [0.25, 0.3) is 0 Å². The summed E-state index contributed by atoms with van der Waals surface area (Å²) < 4.78 is 19.9. The van der Waals surface area contributed by atoms with Crippen LogP contribution in [0.2, 0.25) is 0 Å². The zero-order chi connectivity index (χ0) is 21.7. The van der Waals surface area contributed by atoms with Crippen LogP contribution < -0.4 is 4.74 Å². The molecule has 1 aromatic carbocycles. The van der Waals surface area contributed by atoms with Gasteiger partial charge in [0.2, 0.25) is 0 Å². The fourth-order valence-corrected chi connectivity index (χ4v) is 4.54. The third-order valence-corrected chi connectivity index (χ3v) is 6.36. The number of piperidine rings is 1. The van der Waals surface area contributed by atoms with Gasteiger partial charge in [-0.15, -0.1) is 0 Å². The van der Waals surface area contributed by atoms with Crippen molar-refractivity contribution < 1.29 is 19.0 Å². The zero-order valence-corrected chi connectivity index (χ0v) is 18.6. The summed E-state index contributed by atoms with van der Waals surface area (Å²) in [5, 5.41) is 4.41. The largest absolute Gasteiger partial charge is 0.491 e. The number of amides is 1. The Kier molecular flexibility index (Phi) is 6.92. The second-order valence-corrected chi connectivity index (χ2v) is 8.45. The molecule has 1 spiro atoms. The first-order valence-corrected chi connectivity index (χ1v) is 11.4. The number of ether oxygens (including phenoxy) is 3. The maximum Gasteiger partial charge on any atom is 0.257 e. The first-order chi connectivity index (χ1) is 15.1. The first-order valence-electron chi connectivity index (χ1n) is 11.4. The van der Waals surface area contributed by atoms with E-state index in [1.54, 1.807) is 0 Å². The number of carbonyl (C=O) groups excluding carboxylic acids is 1. The van der Waals surface area contributed by atoms with Gasteiger partial charge in [-0.3, -0.25) is 9.48 Å². The molecule has 2 aliphatic heterocycles. The van der Waals surface area contributed by atoms with Crippen molar-refractivity contribution in [2.75, 3.05) is 32.9 Å². The van der Waals surface area contributed by atoms with Gasteiger partial charge in [0.25, 0.3) is 5.91 Å². The van der Waals surface area contributed by atoms with E-state index in [-0.39, 0.29) is 17.6 Å². The molecule has 1 amide bonds. The Morgan fingerprint density at radius 3 is 2.71 bits per heavy atom. The predicted molar refractivity (Wildman–Crippen MR) is 117 cm³/mol. The van der Waals surface area contributed by atoms with Crippen LogP contribution in [0.15, 0.2) is 36.5 Å². The van der Waals surface area contributed by atoms with E-state index in [9.17, 15) is 4.79 Å². The van der Waals surface area contributed by atoms with Gasteiger partial charge in [0.15, 0.2) is 0 Å². The number of hydrogen-bond donors (Lipinski definition) is 0. The fourth-order valence-electron chi connectivity index (χ4n) is 4.54. The molecule has 7 nitrogen and oxygen atoms in total. The predicted octanol–water partition coefficient (Wildman–Crippen LogP) is 3.46. The number of rotatable bonds is 7. The SMILES string of the molecule is CCn1cc(C(=O)N2CCC3(CC2)CC(OCCOc2ccccc2)CCO3)c(C)n1. The van der Waals surface area contributed by atoms with Gasteiger partial charge < -0.3 is 19.1 Å². The summed E-state index contributed by atoms with van der Waals surface area (Å²) in [6, 6.07) is 9.81. The van der Waals surface area contributed by atoms with Crippen molar-refractivity contribution in [2.24, 2.45) is 0 Å². The summed E-state index contributed by atoms with van der Waals surface area (Å²) >= 11 is 0. The Labute approximate surface area is 184 Å². The number of likely N-dealkylation sites (tertiary alicyclic amines) is 1. The molecular weight excluding hydrogens is 394 g/mol. The van der Waals surface area contributed by atoms with Crippen molar-refractivity contribution in [1.29, 1.82) is 0 Å². The highest BCUT2D eigenvalue weighted by atomic mass is 16.5. The monoisotopic (exact) mass is 427 g/mol. The Hall–Kier alpha value is -2.38. The Morgan fingerprint density at radius 2 is 2.00 bits per heavy atom. The van der Waals surface area contributed by atoms with Crippen molar-refractivity contribution in [1.82, 2.24) is 14.7 Å². The molecule has 0 radical (unpaired) electrons. The number of carbonyl (C=O) groups is 1. The summed E-state index contributed by atoms with van der Waals surface area (Å²) in [5.41, 5.74) is 1.33. The average Bonchev–Trinajstić information content (AvgIpc) is 3.18. The lowest BCUT2D eigenvalue weighted by Crippen LogP contribution is -2.52. The average molecular weight is 428 g/mol. The minimum Gasteiger partial charge on any atom is -0.491 e. The van der Waals surface area contributed by atoms with E-state index >= 15 is 0 Å². The molecule has 2 aliphatic rings. The summed E-state index contributed by atoms with van der Waals surface area (Å²) in [6.07, 6.45) is 5.53. The van der Waals surface area contributed by atoms with Crippen molar-refractivity contribution in [3.05, 3.63) is 47.8 Å². The van der Waals surface area contributed by atoms with Gasteiger partial charge in [-0.25, -0.2) is 0 Å². The molecule has 0 saturated carbocycles. The first kappa shape index (κ1) is 21.8. The van der Waals surface area contributed by atoms with Crippen LogP contribution in [0.1, 0.15) is 48.7 Å². The third kappa shape index (κ3) is 5.28. The fraction of sp³-hybridized carbons (Fsp3) is 0.583. The highest BCUT2D eigenvalue weighted by molar-refractivity contribution is 5.95. The van der Waals surface area contributed by atoms with Crippen LogP contribution in [-0.2, 0) is 16.0 Å². The number of aromatic nitrogens is 2. The lowest BCUT2D eigenvalue weighted by Gasteiger charge is -2.46. The van der Waals surface area contributed by atoms with Crippen LogP contribution in [0.3, 0.4) is 0 Å². The van der Waals surface area contributed by atoms with Gasteiger partial charge in [-0.2, -0.15) is 5.10 Å². The molecule has 0 N–H and O–H groups in total. The van der Waals surface area contributed by atoms with Gasteiger partial charge in [0, 0.05) is 38.9 Å². The van der Waals surface area contributed by atoms with Crippen molar-refractivity contribution in [2.45, 2.75) is 57.8 Å². The molecule has 0 bridgehead atoms. The Bertz CT molecular complexity index is 859. The normalized spacial score (nSPS) is 20.7. The molecule has 1 unspecified atom stereocenters. The molecule has 7 heteroatoms. The van der Waals surface area contributed by atoms with E-state index in [0.29, 0.717) is 38.5 Å². The van der Waals surface area contributed by atoms with E-state index in [2.05, 4.69) is 5.10 Å². The van der Waals surface area contributed by atoms with Crippen molar-refractivity contribution in [3.8, 4) is 5.75 Å². The lowest BCUT2D eigenvalue weighted by atomic mass is 9.83. The molecule has 3 heterocycles. The quantitative estimate of drug-likeness (QED) is 0.633. The summed E-state index contributed by atoms with van der Waals surface area (Å²) in [5.74, 6) is 0.944. The van der Waals surface area contributed by atoms with Crippen LogP contribution in [-0.4, -0.2) is 65.2 Å². The van der Waals surface area contributed by atoms with E-state index < -0.39 is 0 Å². The Morgan fingerprint density at radius 1 is 1.23 bits per heavy atom. The molecular formula is C24H33N3O4. The molecule has 31 heavy (non-hydrogen) atoms. The lowest BCUT2D eigenvalue weighted by molar-refractivity contribution is -0.153. The summed E-state index contributed by atoms with van der Waals surface area (Å²) in [6.45, 7) is 7.93. The smallest absolute Gasteiger partial charge is 0.257 e. The second-order valence-electron chi connectivity index (χ2n) is 8.45. The standard InChI is InChI=1S/C24H33N3O4/c1-3-27-18-22(19(2)25-27)23(28)26-12-10-24(11-13-26)17-21(9-14-31-24)30-16-15-29-20-7-5-4-6-8-20/h4-8,18,21H,3,9-17H2,1-2H3. The van der Waals surface area contributed by atoms with Gasteiger partial charge in [0.05, 0.1) is 29.6 Å². The minimum absolute atomic E-state index is 0.0775. The number of nitrogens with zero attached hydrogens (tertiary/aromatic N) is 3. The van der Waals surface area contributed by atoms with Gasteiger partial charge in [0.1, 0.15) is 12.4 Å². The number of hydrogen-bond acceptors (Lipinski definition) is 5. The topological polar surface area (TPSA) is 65.8 Å². The van der Waals surface area contributed by atoms with Gasteiger partial charge in [-0.05, 0) is 45.2 Å². The van der Waals surface area contributed by atoms with Crippen molar-refractivity contribution in [3.63, 3.8) is 0 Å². The minimum atomic E-state index is -0.178. The highest BCUT2D eigenvalue weighted by Gasteiger charge is 2.41. The maximum atomic E-state index is 13.0. The Balaban J connectivity index is 1.24. The van der Waals surface area contributed by atoms with E-state index in [0.717, 1.165) is 43.7 Å². The molecule has 0 aliphatic carbocycles. The molecule has 2 aromatic rings. The summed E-state index contributed by atoms with van der Waals surface area (Å²) in [7, 11) is 0. The van der Waals surface area contributed by atoms with Crippen LogP contribution >= 0.6 is 0 Å².